The summed E-state index contributed by atoms with van der Waals surface area (Å²) in [7, 11) is 0. The molecule has 1 N–H and O–H groups in total. The number of thiazole rings is 1. The fourth-order valence-electron chi connectivity index (χ4n) is 7.84. The van der Waals surface area contributed by atoms with Gasteiger partial charge in [-0.1, -0.05) is 110 Å². The second-order valence-electron chi connectivity index (χ2n) is 12.6. The van der Waals surface area contributed by atoms with Crippen LogP contribution in [0.3, 0.4) is 0 Å². The summed E-state index contributed by atoms with van der Waals surface area (Å²) in [6, 6.07) is 32.9. The maximum Gasteiger partial charge on any atom is 0.271 e. The minimum atomic E-state index is -0.375. The molecule has 42 heavy (non-hydrogen) atoms. The van der Waals surface area contributed by atoms with Crippen LogP contribution in [0.25, 0.3) is 0 Å². The third-order valence-electron chi connectivity index (χ3n) is 10.2. The Morgan fingerprint density at radius 2 is 1.29 bits per heavy atom. The van der Waals surface area contributed by atoms with Crippen LogP contribution in [-0.4, -0.2) is 34.4 Å². The van der Waals surface area contributed by atoms with Crippen molar-refractivity contribution in [2.24, 2.45) is 5.92 Å². The lowest BCUT2D eigenvalue weighted by Gasteiger charge is -2.48. The summed E-state index contributed by atoms with van der Waals surface area (Å²) in [4.78, 5) is 20.9. The minimum absolute atomic E-state index is 0.0364. The van der Waals surface area contributed by atoms with Crippen molar-refractivity contribution in [1.29, 1.82) is 0 Å². The summed E-state index contributed by atoms with van der Waals surface area (Å²) < 4.78 is 0. The van der Waals surface area contributed by atoms with Gasteiger partial charge in [0.25, 0.3) is 5.91 Å². The van der Waals surface area contributed by atoms with Crippen molar-refractivity contribution >= 4 is 17.2 Å². The summed E-state index contributed by atoms with van der Waals surface area (Å²) in [5, 5.41) is 6.56. The largest absolute Gasteiger partial charge is 0.345 e. The van der Waals surface area contributed by atoms with E-state index in [9.17, 15) is 4.79 Å². The number of aromatic nitrogens is 1. The lowest BCUT2D eigenvalue weighted by Crippen LogP contribution is -2.51. The molecule has 0 atom stereocenters. The lowest BCUT2D eigenvalue weighted by molar-refractivity contribution is 0.0897. The monoisotopic (exact) mass is 575 g/mol. The first-order valence-electron chi connectivity index (χ1n) is 15.9. The van der Waals surface area contributed by atoms with Gasteiger partial charge in [0, 0.05) is 29.9 Å². The first-order valence-corrected chi connectivity index (χ1v) is 16.8. The Bertz CT molecular complexity index is 1370. The molecule has 216 valence electrons. The number of rotatable bonds is 8. The number of benzene rings is 3. The van der Waals surface area contributed by atoms with Gasteiger partial charge in [0.05, 0.1) is 10.5 Å². The molecule has 2 saturated carbocycles. The zero-order chi connectivity index (χ0) is 28.4. The van der Waals surface area contributed by atoms with Crippen LogP contribution < -0.4 is 5.32 Å². The van der Waals surface area contributed by atoms with E-state index >= 15 is 0 Å². The van der Waals surface area contributed by atoms with Crippen LogP contribution in [0.2, 0.25) is 0 Å². The number of nitrogens with one attached hydrogen (secondary N) is 1. The molecule has 1 aliphatic heterocycles. The number of likely N-dealkylation sites (tertiary alicyclic amines) is 1. The highest BCUT2D eigenvalue weighted by atomic mass is 32.1. The number of hydrogen-bond donors (Lipinski definition) is 1. The summed E-state index contributed by atoms with van der Waals surface area (Å²) in [6.07, 6.45) is 10.8. The molecule has 0 radical (unpaired) electrons. The molecular formula is C37H41N3OS. The average Bonchev–Trinajstić information content (AvgIpc) is 3.67. The Hall–Kier alpha value is -3.28. The predicted octanol–water partition coefficient (Wildman–Crippen LogP) is 8.16. The Kier molecular flexibility index (Phi) is 7.72. The van der Waals surface area contributed by atoms with Crippen LogP contribution >= 0.6 is 11.3 Å². The fourth-order valence-corrected chi connectivity index (χ4v) is 8.81. The lowest BCUT2D eigenvalue weighted by atomic mass is 9.74. The summed E-state index contributed by atoms with van der Waals surface area (Å²) in [5.41, 5.74) is 4.16. The molecule has 0 unspecified atom stereocenters. The van der Waals surface area contributed by atoms with Crippen LogP contribution in [0.5, 0.6) is 0 Å². The van der Waals surface area contributed by atoms with E-state index < -0.39 is 0 Å². The summed E-state index contributed by atoms with van der Waals surface area (Å²) >= 11 is 1.67. The van der Waals surface area contributed by atoms with Crippen LogP contribution in [-0.2, 0) is 5.54 Å². The van der Waals surface area contributed by atoms with Crippen LogP contribution in [0, 0.1) is 5.92 Å². The van der Waals surface area contributed by atoms with Gasteiger partial charge >= 0.3 is 0 Å². The topological polar surface area (TPSA) is 45.2 Å². The second-order valence-corrected chi connectivity index (χ2v) is 13.5. The van der Waals surface area contributed by atoms with Crippen molar-refractivity contribution in [2.45, 2.75) is 74.8 Å². The van der Waals surface area contributed by atoms with Crippen LogP contribution in [0.1, 0.15) is 95.9 Å². The molecule has 1 amide bonds. The number of piperidine rings is 1. The molecule has 3 aromatic carbocycles. The van der Waals surface area contributed by atoms with E-state index in [-0.39, 0.29) is 17.0 Å². The Labute approximate surface area is 254 Å². The van der Waals surface area contributed by atoms with Crippen LogP contribution in [0.4, 0.5) is 0 Å². The number of carbonyl (C=O) groups is 1. The molecule has 0 bridgehead atoms. The molecule has 1 aromatic heterocycles. The molecular weight excluding hydrogens is 534 g/mol. The standard InChI is InChI=1S/C37H41N3OS/c41-34(39-36(23-24-36)29-13-5-1-6-14-29)33-27-42-35(38-33)28-21-25-40(26-22-28)37(30-15-7-2-8-16-30,31-17-9-3-10-18-31)32-19-11-4-12-20-32/h2-4,7-12,15-20,27-29H,1,5-6,13-14,21-26H2,(H,39,41). The maximum absolute atomic E-state index is 13.3. The minimum Gasteiger partial charge on any atom is -0.345 e. The SMILES string of the molecule is O=C(NC1(C2CCCCC2)CC1)c1csc(C2CCN(C(c3ccccc3)(c3ccccc3)c3ccccc3)CC2)n1. The molecule has 3 fully saturated rings. The maximum atomic E-state index is 13.3. The molecule has 2 aliphatic carbocycles. The van der Waals surface area contributed by atoms with Gasteiger partial charge < -0.3 is 5.32 Å². The molecule has 0 spiro atoms. The van der Waals surface area contributed by atoms with Crippen molar-refractivity contribution in [3.05, 3.63) is 124 Å². The van der Waals surface area contributed by atoms with E-state index in [0.29, 0.717) is 17.5 Å². The average molecular weight is 576 g/mol. The highest BCUT2D eigenvalue weighted by molar-refractivity contribution is 7.09. The smallest absolute Gasteiger partial charge is 0.271 e. The van der Waals surface area contributed by atoms with E-state index in [1.807, 2.05) is 5.38 Å². The Balaban J connectivity index is 1.11. The van der Waals surface area contributed by atoms with Gasteiger partial charge in [-0.2, -0.15) is 0 Å². The van der Waals surface area contributed by atoms with Crippen molar-refractivity contribution in [3.8, 4) is 0 Å². The number of amides is 1. The van der Waals surface area contributed by atoms with Crippen LogP contribution in [0.15, 0.2) is 96.4 Å². The van der Waals surface area contributed by atoms with Crippen molar-refractivity contribution in [1.82, 2.24) is 15.2 Å². The first kappa shape index (κ1) is 27.5. The van der Waals surface area contributed by atoms with Gasteiger partial charge in [-0.05, 0) is 61.1 Å². The van der Waals surface area contributed by atoms with Gasteiger partial charge in [-0.25, -0.2) is 4.98 Å². The molecule has 7 rings (SSSR count). The zero-order valence-corrected chi connectivity index (χ0v) is 25.2. The summed E-state index contributed by atoms with van der Waals surface area (Å²) in [5.74, 6) is 1.06. The van der Waals surface area contributed by atoms with Gasteiger partial charge in [0.1, 0.15) is 5.69 Å². The van der Waals surface area contributed by atoms with E-state index in [2.05, 4.69) is 101 Å². The predicted molar refractivity (Wildman–Crippen MR) is 171 cm³/mol. The molecule has 4 nitrogen and oxygen atoms in total. The van der Waals surface area contributed by atoms with Gasteiger partial charge in [-0.3, -0.25) is 9.69 Å². The van der Waals surface area contributed by atoms with Gasteiger partial charge in [0.2, 0.25) is 0 Å². The van der Waals surface area contributed by atoms with E-state index in [1.165, 1.54) is 48.8 Å². The molecule has 3 aliphatic rings. The second kappa shape index (κ2) is 11.8. The zero-order valence-electron chi connectivity index (χ0n) is 24.4. The van der Waals surface area contributed by atoms with Crippen molar-refractivity contribution < 1.29 is 4.79 Å². The first-order chi connectivity index (χ1) is 20.7. The number of hydrogen-bond acceptors (Lipinski definition) is 4. The number of nitrogens with zero attached hydrogens (tertiary/aromatic N) is 2. The van der Waals surface area contributed by atoms with Crippen molar-refractivity contribution in [2.75, 3.05) is 13.1 Å². The summed E-state index contributed by atoms with van der Waals surface area (Å²) in [6.45, 7) is 1.91. The quantitative estimate of drug-likeness (QED) is 0.216. The van der Waals surface area contributed by atoms with E-state index in [0.717, 1.165) is 43.8 Å². The number of carbonyl (C=O) groups excluding carboxylic acids is 1. The van der Waals surface area contributed by atoms with Crippen molar-refractivity contribution in [3.63, 3.8) is 0 Å². The molecule has 2 heterocycles. The molecule has 5 heteroatoms. The van der Waals surface area contributed by atoms with Gasteiger partial charge in [0.15, 0.2) is 0 Å². The Morgan fingerprint density at radius 3 is 1.79 bits per heavy atom. The highest BCUT2D eigenvalue weighted by Gasteiger charge is 2.50. The van der Waals surface area contributed by atoms with E-state index in [4.69, 9.17) is 4.98 Å². The fraction of sp³-hybridized carbons (Fsp3) is 0.405. The van der Waals surface area contributed by atoms with E-state index in [1.54, 1.807) is 11.3 Å². The normalized spacial score (nSPS) is 19.8. The highest BCUT2D eigenvalue weighted by Crippen LogP contribution is 2.49. The van der Waals surface area contributed by atoms with Gasteiger partial charge in [-0.15, -0.1) is 11.3 Å². The molecule has 4 aromatic rings. The third-order valence-corrected chi connectivity index (χ3v) is 11.2. The Morgan fingerprint density at radius 1 is 0.762 bits per heavy atom. The molecule has 1 saturated heterocycles. The third kappa shape index (κ3) is 5.11.